The molecule has 0 aliphatic heterocycles. The Kier molecular flexibility index (Phi) is 4.77. The number of benzene rings is 1. The van der Waals surface area contributed by atoms with E-state index in [1.165, 1.54) is 16.7 Å². The number of nitrogens with one attached hydrogen (secondary N) is 2. The Morgan fingerprint density at radius 2 is 1.88 bits per heavy atom. The molecule has 0 heterocycles. The van der Waals surface area contributed by atoms with Crippen molar-refractivity contribution >= 4 is 0 Å². The quantitative estimate of drug-likeness (QED) is 0.797. The number of hydrogen-bond donors (Lipinski definition) is 2. The van der Waals surface area contributed by atoms with Crippen LogP contribution in [0.5, 0.6) is 5.75 Å². The van der Waals surface area contributed by atoms with Crippen LogP contribution in [0.15, 0.2) is 12.1 Å². The Hall–Kier alpha value is -1.06. The van der Waals surface area contributed by atoms with Gasteiger partial charge in [-0.15, -0.1) is 0 Å². The molecule has 1 atom stereocenters. The first-order chi connectivity index (χ1) is 7.65. The van der Waals surface area contributed by atoms with Crippen LogP contribution < -0.4 is 15.4 Å². The van der Waals surface area contributed by atoms with E-state index in [4.69, 9.17) is 4.74 Å². The minimum Gasteiger partial charge on any atom is -0.496 e. The van der Waals surface area contributed by atoms with Crippen LogP contribution in [0.2, 0.25) is 0 Å². The van der Waals surface area contributed by atoms with Gasteiger partial charge in [0.2, 0.25) is 0 Å². The van der Waals surface area contributed by atoms with Gasteiger partial charge in [-0.3, -0.25) is 0 Å². The molecule has 3 heteroatoms. The predicted octanol–water partition coefficient (Wildman–Crippen LogP) is 1.79. The van der Waals surface area contributed by atoms with Gasteiger partial charge in [-0.1, -0.05) is 6.07 Å². The summed E-state index contributed by atoms with van der Waals surface area (Å²) in [5.74, 6) is 0.959. The molecule has 1 rings (SSSR count). The maximum absolute atomic E-state index is 5.32. The third-order valence-corrected chi connectivity index (χ3v) is 3.13. The molecule has 0 radical (unpaired) electrons. The number of ether oxygens (including phenoxy) is 1. The Bertz CT molecular complexity index is 350. The molecule has 0 spiro atoms. The maximum Gasteiger partial charge on any atom is 0.122 e. The Balaban J connectivity index is 3.09. The number of hydrogen-bond acceptors (Lipinski definition) is 3. The van der Waals surface area contributed by atoms with Crippen molar-refractivity contribution in [3.8, 4) is 5.75 Å². The highest BCUT2D eigenvalue weighted by molar-refractivity contribution is 5.44. The Morgan fingerprint density at radius 3 is 2.38 bits per heavy atom. The van der Waals surface area contributed by atoms with Crippen LogP contribution in [0.25, 0.3) is 0 Å². The van der Waals surface area contributed by atoms with E-state index in [1.54, 1.807) is 7.11 Å². The summed E-state index contributed by atoms with van der Waals surface area (Å²) in [7, 11) is 5.67. The molecule has 0 fully saturated rings. The lowest BCUT2D eigenvalue weighted by atomic mass is 9.96. The summed E-state index contributed by atoms with van der Waals surface area (Å²) in [5.41, 5.74) is 3.85. The SMILES string of the molecule is CNCC(NC)c1ccc(OC)c(C)c1C. The van der Waals surface area contributed by atoms with Gasteiger partial charge in [0.15, 0.2) is 0 Å². The molecule has 1 unspecified atom stereocenters. The molecule has 0 amide bonds. The summed E-state index contributed by atoms with van der Waals surface area (Å²) in [6.07, 6.45) is 0. The molecule has 3 nitrogen and oxygen atoms in total. The normalized spacial score (nSPS) is 12.6. The van der Waals surface area contributed by atoms with Gasteiger partial charge in [-0.05, 0) is 50.7 Å². The first kappa shape index (κ1) is 13.0. The van der Waals surface area contributed by atoms with E-state index in [0.29, 0.717) is 6.04 Å². The molecule has 0 saturated heterocycles. The van der Waals surface area contributed by atoms with Crippen LogP contribution >= 0.6 is 0 Å². The van der Waals surface area contributed by atoms with Crippen molar-refractivity contribution in [1.29, 1.82) is 0 Å². The van der Waals surface area contributed by atoms with Crippen LogP contribution in [0, 0.1) is 13.8 Å². The van der Waals surface area contributed by atoms with E-state index in [2.05, 4.69) is 30.5 Å². The van der Waals surface area contributed by atoms with Gasteiger partial charge in [0.1, 0.15) is 5.75 Å². The van der Waals surface area contributed by atoms with Crippen molar-refractivity contribution in [2.24, 2.45) is 0 Å². The highest BCUT2D eigenvalue weighted by Gasteiger charge is 2.13. The summed E-state index contributed by atoms with van der Waals surface area (Å²) >= 11 is 0. The minimum absolute atomic E-state index is 0.342. The topological polar surface area (TPSA) is 33.3 Å². The van der Waals surface area contributed by atoms with Crippen molar-refractivity contribution in [1.82, 2.24) is 10.6 Å². The summed E-state index contributed by atoms with van der Waals surface area (Å²) in [6.45, 7) is 5.17. The van der Waals surface area contributed by atoms with E-state index >= 15 is 0 Å². The van der Waals surface area contributed by atoms with Gasteiger partial charge >= 0.3 is 0 Å². The first-order valence-electron chi connectivity index (χ1n) is 5.61. The molecule has 0 aromatic heterocycles. The lowest BCUT2D eigenvalue weighted by Gasteiger charge is -2.20. The van der Waals surface area contributed by atoms with E-state index in [1.807, 2.05) is 20.2 Å². The zero-order valence-corrected chi connectivity index (χ0v) is 10.8. The summed E-state index contributed by atoms with van der Waals surface area (Å²) < 4.78 is 5.32. The van der Waals surface area contributed by atoms with Gasteiger partial charge < -0.3 is 15.4 Å². The van der Waals surface area contributed by atoms with Gasteiger partial charge in [-0.2, -0.15) is 0 Å². The maximum atomic E-state index is 5.32. The number of methoxy groups -OCH3 is 1. The molecular formula is C13H22N2O. The molecule has 2 N–H and O–H groups in total. The van der Waals surface area contributed by atoms with E-state index in [-0.39, 0.29) is 0 Å². The molecule has 16 heavy (non-hydrogen) atoms. The fourth-order valence-corrected chi connectivity index (χ4v) is 1.99. The van der Waals surface area contributed by atoms with Crippen molar-refractivity contribution in [3.05, 3.63) is 28.8 Å². The summed E-state index contributed by atoms with van der Waals surface area (Å²) in [5, 5.41) is 6.52. The second-order valence-corrected chi connectivity index (χ2v) is 4.01. The second-order valence-electron chi connectivity index (χ2n) is 4.01. The second kappa shape index (κ2) is 5.87. The van der Waals surface area contributed by atoms with Crippen LogP contribution in [0.1, 0.15) is 22.7 Å². The average Bonchev–Trinajstić information content (AvgIpc) is 2.30. The van der Waals surface area contributed by atoms with E-state index in [9.17, 15) is 0 Å². The van der Waals surface area contributed by atoms with Gasteiger partial charge in [0, 0.05) is 12.6 Å². The molecule has 0 saturated carbocycles. The van der Waals surface area contributed by atoms with Gasteiger partial charge in [0.05, 0.1) is 7.11 Å². The molecule has 0 aliphatic rings. The summed E-state index contributed by atoms with van der Waals surface area (Å²) in [6, 6.07) is 4.52. The van der Waals surface area contributed by atoms with Crippen LogP contribution in [0.4, 0.5) is 0 Å². The number of rotatable bonds is 5. The summed E-state index contributed by atoms with van der Waals surface area (Å²) in [4.78, 5) is 0. The van der Waals surface area contributed by atoms with Gasteiger partial charge in [0.25, 0.3) is 0 Å². The lowest BCUT2D eigenvalue weighted by Crippen LogP contribution is -2.28. The predicted molar refractivity (Wildman–Crippen MR) is 68.2 cm³/mol. The minimum atomic E-state index is 0.342. The molecule has 0 aliphatic carbocycles. The Morgan fingerprint density at radius 1 is 1.19 bits per heavy atom. The third-order valence-electron chi connectivity index (χ3n) is 3.13. The highest BCUT2D eigenvalue weighted by atomic mass is 16.5. The zero-order chi connectivity index (χ0) is 12.1. The van der Waals surface area contributed by atoms with E-state index < -0.39 is 0 Å². The molecular weight excluding hydrogens is 200 g/mol. The third kappa shape index (κ3) is 2.54. The van der Waals surface area contributed by atoms with Crippen LogP contribution in [-0.2, 0) is 0 Å². The van der Waals surface area contributed by atoms with Crippen molar-refractivity contribution in [2.75, 3.05) is 27.7 Å². The largest absolute Gasteiger partial charge is 0.496 e. The van der Waals surface area contributed by atoms with E-state index in [0.717, 1.165) is 12.3 Å². The van der Waals surface area contributed by atoms with Crippen LogP contribution in [-0.4, -0.2) is 27.7 Å². The first-order valence-corrected chi connectivity index (χ1v) is 5.61. The van der Waals surface area contributed by atoms with Crippen molar-refractivity contribution in [2.45, 2.75) is 19.9 Å². The molecule has 1 aromatic carbocycles. The molecule has 0 bridgehead atoms. The molecule has 1 aromatic rings. The average molecular weight is 222 g/mol. The lowest BCUT2D eigenvalue weighted by molar-refractivity contribution is 0.410. The number of likely N-dealkylation sites (N-methyl/N-ethyl adjacent to an activating group) is 2. The fraction of sp³-hybridized carbons (Fsp3) is 0.538. The zero-order valence-electron chi connectivity index (χ0n) is 10.8. The monoisotopic (exact) mass is 222 g/mol. The highest BCUT2D eigenvalue weighted by Crippen LogP contribution is 2.27. The fourth-order valence-electron chi connectivity index (χ4n) is 1.99. The van der Waals surface area contributed by atoms with Crippen molar-refractivity contribution < 1.29 is 4.74 Å². The Labute approximate surface area is 98.2 Å². The van der Waals surface area contributed by atoms with Crippen molar-refractivity contribution in [3.63, 3.8) is 0 Å². The van der Waals surface area contributed by atoms with Crippen LogP contribution in [0.3, 0.4) is 0 Å². The smallest absolute Gasteiger partial charge is 0.122 e. The standard InChI is InChI=1S/C13H22N2O/c1-9-10(2)13(16-5)7-6-11(9)12(15-4)8-14-3/h6-7,12,14-15H,8H2,1-5H3. The van der Waals surface area contributed by atoms with Gasteiger partial charge in [-0.25, -0.2) is 0 Å². The molecule has 90 valence electrons.